The van der Waals surface area contributed by atoms with Gasteiger partial charge in [-0.25, -0.2) is 14.4 Å². The monoisotopic (exact) mass is 499 g/mol. The number of hydrogen-bond donors (Lipinski definition) is 1. The Morgan fingerprint density at radius 1 is 1.20 bits per heavy atom. The van der Waals surface area contributed by atoms with Gasteiger partial charge in [-0.2, -0.15) is 0 Å². The third kappa shape index (κ3) is 2.97. The average Bonchev–Trinajstić information content (AvgIpc) is 3.21. The first-order chi connectivity index (χ1) is 16.7. The highest BCUT2D eigenvalue weighted by molar-refractivity contribution is 6.32. The topological polar surface area (TPSA) is 128 Å². The minimum absolute atomic E-state index is 0.0635. The standard InChI is InChI=1S/C23H19ClFN5O5/c1-9-8-30-18-11(7-23(20(30)10(2)34-9)13(31)6-14(32)28-22(23)33)5-12-16(29-35-19(12)15(18)25)17-21(24)27-4-3-26-17/h3-5,9-10,20H,6-8H2,1-2H3,(H,28,32,33)/t9-,10+,20-,23?/m1/s1. The Hall–Kier alpha value is -3.44. The molecule has 180 valence electrons. The molecule has 0 aliphatic carbocycles. The molecule has 1 N–H and O–H groups in total. The van der Waals surface area contributed by atoms with Gasteiger partial charge in [0, 0.05) is 18.9 Å². The van der Waals surface area contributed by atoms with E-state index in [9.17, 15) is 14.4 Å². The number of hydrogen-bond acceptors (Lipinski definition) is 9. The van der Waals surface area contributed by atoms with Crippen LogP contribution in [0.3, 0.4) is 0 Å². The number of nitrogens with one attached hydrogen (secondary N) is 1. The van der Waals surface area contributed by atoms with Crippen molar-refractivity contribution in [2.45, 2.75) is 44.9 Å². The molecule has 1 aromatic carbocycles. The van der Waals surface area contributed by atoms with Gasteiger partial charge in [0.25, 0.3) is 0 Å². The second kappa shape index (κ2) is 7.53. The summed E-state index contributed by atoms with van der Waals surface area (Å²) in [6.07, 6.45) is 1.39. The molecule has 0 bridgehead atoms. The molecule has 10 nitrogen and oxygen atoms in total. The van der Waals surface area contributed by atoms with Crippen molar-refractivity contribution in [1.29, 1.82) is 0 Å². The Bertz CT molecular complexity index is 1420. The first-order valence-electron chi connectivity index (χ1n) is 11.1. The molecule has 1 unspecified atom stereocenters. The Morgan fingerprint density at radius 2 is 1.97 bits per heavy atom. The van der Waals surface area contributed by atoms with Crippen LogP contribution in [0.2, 0.25) is 5.15 Å². The summed E-state index contributed by atoms with van der Waals surface area (Å²) in [5.41, 5.74) is -0.690. The number of morpholine rings is 1. The highest BCUT2D eigenvalue weighted by Crippen LogP contribution is 2.50. The lowest BCUT2D eigenvalue weighted by atomic mass is 9.63. The fourth-order valence-electron chi connectivity index (χ4n) is 5.80. The number of fused-ring (bicyclic) bond motifs is 5. The molecule has 6 rings (SSSR count). The van der Waals surface area contributed by atoms with Crippen molar-refractivity contribution in [3.8, 4) is 11.4 Å². The van der Waals surface area contributed by atoms with Crippen LogP contribution >= 0.6 is 11.6 Å². The maximum absolute atomic E-state index is 16.1. The van der Waals surface area contributed by atoms with E-state index >= 15 is 4.39 Å². The fraction of sp³-hybridized carbons (Fsp3) is 0.391. The summed E-state index contributed by atoms with van der Waals surface area (Å²) >= 11 is 6.19. The van der Waals surface area contributed by atoms with Crippen LogP contribution < -0.4 is 10.2 Å². The Labute approximate surface area is 202 Å². The van der Waals surface area contributed by atoms with E-state index in [1.165, 1.54) is 12.4 Å². The number of aromatic nitrogens is 3. The number of rotatable bonds is 1. The SMILES string of the molecule is C[C@@H]1CN2c3c(cc4c(-c5nccnc5Cl)noc4c3F)CC3(C(=O)CC(=O)NC3=O)[C@H]2[C@H](C)O1. The summed E-state index contributed by atoms with van der Waals surface area (Å²) in [6.45, 7) is 3.81. The zero-order chi connectivity index (χ0) is 24.6. The number of amides is 2. The number of halogens is 2. The molecule has 2 saturated heterocycles. The molecule has 12 heteroatoms. The van der Waals surface area contributed by atoms with Crippen molar-refractivity contribution in [2.24, 2.45) is 5.41 Å². The molecule has 3 aliphatic rings. The number of anilines is 1. The van der Waals surface area contributed by atoms with Crippen LogP contribution in [0.5, 0.6) is 0 Å². The third-order valence-corrected chi connectivity index (χ3v) is 7.33. The fourth-order valence-corrected chi connectivity index (χ4v) is 5.99. The molecule has 1 spiro atoms. The number of piperidine rings is 1. The van der Waals surface area contributed by atoms with Crippen LogP contribution in [-0.2, 0) is 25.5 Å². The number of carbonyl (C=O) groups is 3. The van der Waals surface area contributed by atoms with Gasteiger partial charge in [-0.3, -0.25) is 19.7 Å². The molecule has 2 fully saturated rings. The molecule has 2 aromatic heterocycles. The van der Waals surface area contributed by atoms with E-state index in [-0.39, 0.29) is 52.3 Å². The predicted molar refractivity (Wildman–Crippen MR) is 120 cm³/mol. The van der Waals surface area contributed by atoms with Gasteiger partial charge in [-0.05, 0) is 31.9 Å². The molecular weight excluding hydrogens is 481 g/mol. The van der Waals surface area contributed by atoms with Gasteiger partial charge in [0.05, 0.1) is 35.7 Å². The highest BCUT2D eigenvalue weighted by Gasteiger charge is 2.62. The van der Waals surface area contributed by atoms with Gasteiger partial charge in [0.2, 0.25) is 17.4 Å². The Kier molecular flexibility index (Phi) is 4.74. The number of ketones is 1. The van der Waals surface area contributed by atoms with Crippen LogP contribution in [0.4, 0.5) is 10.1 Å². The number of imide groups is 1. The molecule has 5 heterocycles. The van der Waals surface area contributed by atoms with Gasteiger partial charge in [0.1, 0.15) is 16.8 Å². The van der Waals surface area contributed by atoms with Crippen molar-refractivity contribution in [1.82, 2.24) is 20.4 Å². The molecule has 0 saturated carbocycles. The number of Topliss-reactive ketones (excluding diaryl/α,β-unsaturated/α-hetero) is 1. The maximum Gasteiger partial charge on any atom is 0.242 e. The minimum atomic E-state index is -1.62. The van der Waals surface area contributed by atoms with Crippen molar-refractivity contribution in [3.63, 3.8) is 0 Å². The van der Waals surface area contributed by atoms with Crippen LogP contribution in [0, 0.1) is 11.2 Å². The highest BCUT2D eigenvalue weighted by atomic mass is 35.5. The zero-order valence-electron chi connectivity index (χ0n) is 18.7. The van der Waals surface area contributed by atoms with E-state index in [0.717, 1.165) is 0 Å². The molecule has 35 heavy (non-hydrogen) atoms. The normalized spacial score (nSPS) is 28.3. The summed E-state index contributed by atoms with van der Waals surface area (Å²) in [7, 11) is 0. The van der Waals surface area contributed by atoms with Gasteiger partial charge in [0.15, 0.2) is 16.8 Å². The van der Waals surface area contributed by atoms with Crippen LogP contribution in [0.15, 0.2) is 23.0 Å². The minimum Gasteiger partial charge on any atom is -0.372 e. The molecule has 4 atom stereocenters. The largest absolute Gasteiger partial charge is 0.372 e. The summed E-state index contributed by atoms with van der Waals surface area (Å²) in [5, 5.41) is 6.66. The van der Waals surface area contributed by atoms with Crippen molar-refractivity contribution in [3.05, 3.63) is 35.0 Å². The van der Waals surface area contributed by atoms with Gasteiger partial charge >= 0.3 is 0 Å². The smallest absolute Gasteiger partial charge is 0.242 e. The second-order valence-corrected chi connectivity index (χ2v) is 9.53. The molecule has 3 aromatic rings. The van der Waals surface area contributed by atoms with E-state index < -0.39 is 47.4 Å². The quantitative estimate of drug-likeness (QED) is 0.396. The zero-order valence-corrected chi connectivity index (χ0v) is 19.4. The molecule has 0 radical (unpaired) electrons. The van der Waals surface area contributed by atoms with E-state index in [4.69, 9.17) is 20.9 Å². The third-order valence-electron chi connectivity index (χ3n) is 7.06. The first kappa shape index (κ1) is 22.1. The van der Waals surface area contributed by atoms with Crippen molar-refractivity contribution in [2.75, 3.05) is 11.4 Å². The Balaban J connectivity index is 1.61. The summed E-state index contributed by atoms with van der Waals surface area (Å²) in [6, 6.07) is 0.834. The summed E-state index contributed by atoms with van der Waals surface area (Å²) in [4.78, 5) is 48.6. The lowest BCUT2D eigenvalue weighted by Gasteiger charge is -2.55. The molecular formula is C23H19ClFN5O5. The Morgan fingerprint density at radius 3 is 2.71 bits per heavy atom. The average molecular weight is 500 g/mol. The van der Waals surface area contributed by atoms with Crippen molar-refractivity contribution < 1.29 is 28.0 Å². The van der Waals surface area contributed by atoms with E-state index in [1.807, 2.05) is 6.92 Å². The number of nitrogens with zero attached hydrogens (tertiary/aromatic N) is 4. The molecule has 3 aliphatic heterocycles. The van der Waals surface area contributed by atoms with E-state index in [0.29, 0.717) is 5.56 Å². The lowest BCUT2D eigenvalue weighted by Crippen LogP contribution is -2.72. The predicted octanol–water partition coefficient (Wildman–Crippen LogP) is 2.22. The van der Waals surface area contributed by atoms with Crippen LogP contribution in [0.25, 0.3) is 22.4 Å². The number of ether oxygens (including phenoxy) is 1. The molecule has 2 amide bonds. The van der Waals surface area contributed by atoms with E-state index in [2.05, 4.69) is 20.4 Å². The summed E-state index contributed by atoms with van der Waals surface area (Å²) in [5.74, 6) is -2.54. The van der Waals surface area contributed by atoms with Crippen molar-refractivity contribution >= 4 is 45.9 Å². The number of benzene rings is 1. The maximum atomic E-state index is 16.1. The van der Waals surface area contributed by atoms with Gasteiger partial charge in [-0.1, -0.05) is 16.8 Å². The van der Waals surface area contributed by atoms with E-state index in [1.54, 1.807) is 17.9 Å². The van der Waals surface area contributed by atoms with Gasteiger partial charge in [-0.15, -0.1) is 0 Å². The second-order valence-electron chi connectivity index (χ2n) is 9.18. The van der Waals surface area contributed by atoms with Crippen LogP contribution in [-0.4, -0.2) is 57.5 Å². The lowest BCUT2D eigenvalue weighted by molar-refractivity contribution is -0.158. The van der Waals surface area contributed by atoms with Crippen LogP contribution in [0.1, 0.15) is 25.8 Å². The first-order valence-corrected chi connectivity index (χ1v) is 11.5. The summed E-state index contributed by atoms with van der Waals surface area (Å²) < 4.78 is 27.5. The number of carbonyl (C=O) groups excluding carboxylic acids is 3. The van der Waals surface area contributed by atoms with Gasteiger partial charge < -0.3 is 14.2 Å².